The van der Waals surface area contributed by atoms with Crippen LogP contribution in [0.15, 0.2) is 0 Å². The molecular weight excluding hydrogens is 392 g/mol. The number of alkyl halides is 1. The van der Waals surface area contributed by atoms with Gasteiger partial charge in [-0.25, -0.2) is 8.42 Å². The van der Waals surface area contributed by atoms with Crippen molar-refractivity contribution < 1.29 is 12.8 Å². The highest BCUT2D eigenvalue weighted by Gasteiger charge is 2.59. The van der Waals surface area contributed by atoms with E-state index in [-0.39, 0.29) is 11.4 Å². The summed E-state index contributed by atoms with van der Waals surface area (Å²) in [6, 6.07) is 0. The van der Waals surface area contributed by atoms with Gasteiger partial charge in [0.25, 0.3) is 0 Å². The molecule has 0 aromatic rings. The van der Waals surface area contributed by atoms with E-state index >= 15 is 0 Å². The van der Waals surface area contributed by atoms with E-state index in [0.717, 1.165) is 12.8 Å². The first-order valence-electron chi connectivity index (χ1n) is 9.00. The molecule has 2 aliphatic rings. The lowest BCUT2D eigenvalue weighted by Gasteiger charge is -2.48. The van der Waals surface area contributed by atoms with Crippen LogP contribution in [0.1, 0.15) is 67.2 Å². The van der Waals surface area contributed by atoms with Gasteiger partial charge in [-0.15, -0.1) is 0 Å². The molecule has 0 radical (unpaired) electrons. The Balaban J connectivity index is 2.04. The van der Waals surface area contributed by atoms with Crippen molar-refractivity contribution in [2.24, 2.45) is 0 Å². The van der Waals surface area contributed by atoms with Crippen molar-refractivity contribution in [2.75, 3.05) is 5.33 Å². The summed E-state index contributed by atoms with van der Waals surface area (Å²) in [5.41, 5.74) is 1.65. The maximum atomic E-state index is 12.8. The van der Waals surface area contributed by atoms with Crippen molar-refractivity contribution in [3.63, 3.8) is 0 Å². The lowest BCUT2D eigenvalue weighted by Crippen LogP contribution is -2.55. The summed E-state index contributed by atoms with van der Waals surface area (Å²) < 4.78 is 31.8. The van der Waals surface area contributed by atoms with E-state index in [9.17, 15) is 8.42 Å². The predicted molar refractivity (Wildman–Crippen MR) is 104 cm³/mol. The second-order valence-electron chi connectivity index (χ2n) is 8.51. The largest absolute Gasteiger partial charge is 0.413 e. The zero-order valence-corrected chi connectivity index (χ0v) is 18.8. The number of hydrogen-bond acceptors (Lipinski definition) is 3. The summed E-state index contributed by atoms with van der Waals surface area (Å²) in [5, 5.41) is 0.415. The quantitative estimate of drug-likeness (QED) is 0.404. The zero-order chi connectivity index (χ0) is 17.6. The van der Waals surface area contributed by atoms with E-state index in [1.54, 1.807) is 0 Å². The van der Waals surface area contributed by atoms with Crippen molar-refractivity contribution in [1.82, 2.24) is 0 Å². The highest BCUT2D eigenvalue weighted by molar-refractivity contribution is 9.09. The maximum Gasteiger partial charge on any atom is 0.200 e. The molecule has 2 saturated carbocycles. The molecule has 136 valence electrons. The molecule has 6 heteroatoms. The Morgan fingerprint density at radius 1 is 1.04 bits per heavy atom. The molecule has 0 aromatic carbocycles. The van der Waals surface area contributed by atoms with Gasteiger partial charge in [0.05, 0.1) is 10.00 Å². The minimum Gasteiger partial charge on any atom is -0.413 e. The van der Waals surface area contributed by atoms with Gasteiger partial charge < -0.3 is 4.43 Å². The van der Waals surface area contributed by atoms with Crippen molar-refractivity contribution in [3.05, 3.63) is 0 Å². The van der Waals surface area contributed by atoms with Gasteiger partial charge in [-0.05, 0) is 42.3 Å². The molecule has 3 nitrogen and oxygen atoms in total. The highest BCUT2D eigenvalue weighted by Crippen LogP contribution is 2.52. The van der Waals surface area contributed by atoms with Crippen LogP contribution in [0, 0.1) is 0 Å². The van der Waals surface area contributed by atoms with E-state index in [2.05, 4.69) is 57.5 Å². The molecule has 0 saturated heterocycles. The summed E-state index contributed by atoms with van der Waals surface area (Å²) in [6.45, 7) is 13.7. The molecule has 23 heavy (non-hydrogen) atoms. The van der Waals surface area contributed by atoms with Crippen LogP contribution in [-0.4, -0.2) is 38.2 Å². The zero-order valence-electron chi connectivity index (χ0n) is 15.4. The minimum absolute atomic E-state index is 0.153. The number of sulfone groups is 1. The molecule has 0 unspecified atom stereocenters. The van der Waals surface area contributed by atoms with Crippen LogP contribution >= 0.6 is 15.9 Å². The number of rotatable bonds is 8. The number of hydrogen-bond donors (Lipinski definition) is 0. The third-order valence-electron chi connectivity index (χ3n) is 6.22. The van der Waals surface area contributed by atoms with Gasteiger partial charge in [0.2, 0.25) is 8.32 Å². The fourth-order valence-corrected chi connectivity index (χ4v) is 14.1. The van der Waals surface area contributed by atoms with E-state index in [1.807, 2.05) is 0 Å². The Bertz CT molecular complexity index is 498. The Kier molecular flexibility index (Phi) is 5.83. The molecule has 0 bridgehead atoms. The third-order valence-corrected chi connectivity index (χ3v) is 16.8. The van der Waals surface area contributed by atoms with Crippen LogP contribution in [-0.2, 0) is 14.3 Å². The highest BCUT2D eigenvalue weighted by atomic mass is 79.9. The second kappa shape index (κ2) is 6.73. The Morgan fingerprint density at radius 3 is 1.78 bits per heavy atom. The fraction of sp³-hybridized carbons (Fsp3) is 1.00. The van der Waals surface area contributed by atoms with Gasteiger partial charge in [0.1, 0.15) is 0 Å². The Hall–Kier alpha value is 0.607. The van der Waals surface area contributed by atoms with E-state index in [1.165, 1.54) is 0 Å². The molecule has 2 aliphatic carbocycles. The molecule has 2 fully saturated rings. The summed E-state index contributed by atoms with van der Waals surface area (Å²) in [5.74, 6) is 0. The molecule has 0 atom stereocenters. The molecule has 0 heterocycles. The Labute approximate surface area is 152 Å². The van der Waals surface area contributed by atoms with Gasteiger partial charge in [-0.1, -0.05) is 57.5 Å². The fourth-order valence-electron chi connectivity index (χ4n) is 4.55. The van der Waals surface area contributed by atoms with E-state index in [4.69, 9.17) is 4.43 Å². The first-order chi connectivity index (χ1) is 10.5. The molecule has 0 aromatic heterocycles. The molecule has 0 N–H and O–H groups in total. The van der Waals surface area contributed by atoms with Crippen LogP contribution < -0.4 is 0 Å². The van der Waals surface area contributed by atoms with Crippen LogP contribution in [0.4, 0.5) is 0 Å². The first-order valence-corrected chi connectivity index (χ1v) is 13.8. The van der Waals surface area contributed by atoms with Gasteiger partial charge >= 0.3 is 0 Å². The topological polar surface area (TPSA) is 43.4 Å². The average molecular weight is 426 g/mol. The smallest absolute Gasteiger partial charge is 0.200 e. The Morgan fingerprint density at radius 2 is 1.48 bits per heavy atom. The van der Waals surface area contributed by atoms with Crippen LogP contribution in [0.25, 0.3) is 0 Å². The monoisotopic (exact) mass is 424 g/mol. The summed E-state index contributed by atoms with van der Waals surface area (Å²) in [4.78, 5) is 0. The molecule has 0 spiro atoms. The third kappa shape index (κ3) is 3.22. The van der Waals surface area contributed by atoms with Crippen LogP contribution in [0.5, 0.6) is 0 Å². The maximum absolute atomic E-state index is 12.8. The predicted octanol–water partition coefficient (Wildman–Crippen LogP) is 5.05. The summed E-state index contributed by atoms with van der Waals surface area (Å²) >= 11 is 3.41. The van der Waals surface area contributed by atoms with Gasteiger partial charge in [-0.3, -0.25) is 0 Å². The first kappa shape index (κ1) is 19.9. The van der Waals surface area contributed by atoms with Gasteiger partial charge in [0, 0.05) is 11.4 Å². The normalized spacial score (nSPS) is 27.6. The van der Waals surface area contributed by atoms with Crippen molar-refractivity contribution in [3.8, 4) is 0 Å². The summed E-state index contributed by atoms with van der Waals surface area (Å²) in [7, 11) is -4.89. The van der Waals surface area contributed by atoms with Crippen LogP contribution in [0.3, 0.4) is 0 Å². The molecule has 0 aliphatic heterocycles. The lowest BCUT2D eigenvalue weighted by atomic mass is 9.96. The van der Waals surface area contributed by atoms with Crippen molar-refractivity contribution >= 4 is 34.1 Å². The van der Waals surface area contributed by atoms with E-state index in [0.29, 0.717) is 34.8 Å². The summed E-state index contributed by atoms with van der Waals surface area (Å²) in [6.07, 6.45) is 3.21. The van der Waals surface area contributed by atoms with Crippen LogP contribution in [0.2, 0.25) is 16.6 Å². The minimum atomic E-state index is -3.00. The van der Waals surface area contributed by atoms with Crippen molar-refractivity contribution in [2.45, 2.75) is 100.0 Å². The molecular formula is C17H33BrO3SSi. The average Bonchev–Trinajstić information content (AvgIpc) is 3.16. The molecule has 2 rings (SSSR count). The second-order valence-corrected chi connectivity index (χ2v) is 17.1. The SMILES string of the molecule is CC(C)[Si](O[C@H]1C[C@H](S(=O)(=O)C2(CBr)CC2)C1)(C(C)C)C(C)C. The van der Waals surface area contributed by atoms with Crippen molar-refractivity contribution in [1.29, 1.82) is 0 Å². The standard InChI is InChI=1S/C17H33BrO3SSi/c1-12(2)23(13(3)4,14(5)6)21-15-9-16(10-15)22(19,20)17(11-18)7-8-17/h12-16H,7-11H2,1-6H3/t15-,16-. The van der Waals surface area contributed by atoms with E-state index < -0.39 is 22.9 Å². The number of halogens is 1. The molecule has 0 amide bonds. The van der Waals surface area contributed by atoms with Gasteiger partial charge in [-0.2, -0.15) is 0 Å². The van der Waals surface area contributed by atoms with Gasteiger partial charge in [0.15, 0.2) is 9.84 Å². The lowest BCUT2D eigenvalue weighted by molar-refractivity contribution is 0.101.